The summed E-state index contributed by atoms with van der Waals surface area (Å²) < 4.78 is 0. The molecular weight excluding hydrogens is 430 g/mol. The fourth-order valence-corrected chi connectivity index (χ4v) is 4.54. The van der Waals surface area contributed by atoms with Gasteiger partial charge in [0, 0.05) is 30.8 Å². The van der Waals surface area contributed by atoms with Gasteiger partial charge in [0.25, 0.3) is 5.91 Å². The zero-order valence-electron chi connectivity index (χ0n) is 20.5. The summed E-state index contributed by atoms with van der Waals surface area (Å²) in [6, 6.07) is 7.33. The van der Waals surface area contributed by atoms with E-state index in [4.69, 9.17) is 12.2 Å². The van der Waals surface area contributed by atoms with Crippen LogP contribution >= 0.6 is 12.2 Å². The van der Waals surface area contributed by atoms with Gasteiger partial charge in [0.15, 0.2) is 5.11 Å². The number of thiocarbonyl (C=S) groups is 1. The number of nitrogens with zero attached hydrogens (tertiary/aromatic N) is 1. The predicted molar refractivity (Wildman–Crippen MR) is 142 cm³/mol. The topological polar surface area (TPSA) is 61.4 Å². The highest BCUT2D eigenvalue weighted by atomic mass is 32.1. The monoisotopic (exact) mass is 473 g/mol. The molecule has 0 aromatic heterocycles. The Balaban J connectivity index is 1.57. The van der Waals surface area contributed by atoms with Crippen molar-refractivity contribution in [2.75, 3.05) is 18.4 Å². The third-order valence-corrected chi connectivity index (χ3v) is 6.48. The van der Waals surface area contributed by atoms with Gasteiger partial charge >= 0.3 is 0 Å². The minimum absolute atomic E-state index is 0.0519. The van der Waals surface area contributed by atoms with E-state index in [1.165, 1.54) is 64.2 Å². The first-order chi connectivity index (χ1) is 16.1. The number of piperidine rings is 1. The molecular formula is C27H43N3O2S. The van der Waals surface area contributed by atoms with Crippen molar-refractivity contribution >= 4 is 34.8 Å². The smallest absolute Gasteiger partial charge is 0.253 e. The number of hydrogen-bond acceptors (Lipinski definition) is 3. The van der Waals surface area contributed by atoms with Crippen molar-refractivity contribution in [2.45, 2.75) is 103 Å². The molecule has 0 atom stereocenters. The summed E-state index contributed by atoms with van der Waals surface area (Å²) in [5.74, 6) is 0.00812. The standard InChI is InChI=1S/C27H43N3O2S/c1-2-3-4-5-6-7-8-9-10-11-13-19-25(31)29-27(33)28-24-18-16-17-23(22-24)26(32)30-20-14-12-15-21-30/h16-18,22H,2-15,19-21H2,1H3,(H2,28,29,31,33). The van der Waals surface area contributed by atoms with Crippen LogP contribution in [0.25, 0.3) is 0 Å². The Morgan fingerprint density at radius 3 is 2.12 bits per heavy atom. The average molecular weight is 474 g/mol. The fourth-order valence-electron chi connectivity index (χ4n) is 4.31. The van der Waals surface area contributed by atoms with E-state index in [1.807, 2.05) is 23.1 Å². The molecule has 184 valence electrons. The van der Waals surface area contributed by atoms with E-state index >= 15 is 0 Å². The summed E-state index contributed by atoms with van der Waals surface area (Å²) in [6.07, 6.45) is 17.7. The molecule has 0 bridgehead atoms. The first kappa shape index (κ1) is 27.3. The highest BCUT2D eigenvalue weighted by molar-refractivity contribution is 7.80. The molecule has 1 heterocycles. The van der Waals surface area contributed by atoms with Gasteiger partial charge in [-0.3, -0.25) is 9.59 Å². The van der Waals surface area contributed by atoms with E-state index in [2.05, 4.69) is 17.6 Å². The van der Waals surface area contributed by atoms with Crippen LogP contribution in [0.1, 0.15) is 114 Å². The molecule has 0 spiro atoms. The van der Waals surface area contributed by atoms with Gasteiger partial charge < -0.3 is 15.5 Å². The Hall–Kier alpha value is -1.95. The number of carbonyl (C=O) groups is 2. The Labute approximate surface area is 206 Å². The highest BCUT2D eigenvalue weighted by Crippen LogP contribution is 2.17. The molecule has 1 aromatic rings. The lowest BCUT2D eigenvalue weighted by molar-refractivity contribution is -0.119. The van der Waals surface area contributed by atoms with Gasteiger partial charge in [-0.2, -0.15) is 0 Å². The third kappa shape index (κ3) is 11.6. The number of benzene rings is 1. The zero-order valence-corrected chi connectivity index (χ0v) is 21.3. The molecule has 2 N–H and O–H groups in total. The van der Waals surface area contributed by atoms with Crippen LogP contribution in [0.5, 0.6) is 0 Å². The summed E-state index contributed by atoms with van der Waals surface area (Å²) in [4.78, 5) is 26.8. The first-order valence-electron chi connectivity index (χ1n) is 13.1. The quantitative estimate of drug-likeness (QED) is 0.230. The van der Waals surface area contributed by atoms with Crippen LogP contribution in [0.4, 0.5) is 5.69 Å². The van der Waals surface area contributed by atoms with Gasteiger partial charge in [0.2, 0.25) is 5.91 Å². The van der Waals surface area contributed by atoms with Crippen LogP contribution < -0.4 is 10.6 Å². The predicted octanol–water partition coefficient (Wildman–Crippen LogP) is 6.83. The van der Waals surface area contributed by atoms with Crippen LogP contribution in [0.15, 0.2) is 24.3 Å². The van der Waals surface area contributed by atoms with E-state index in [9.17, 15) is 9.59 Å². The van der Waals surface area contributed by atoms with E-state index in [0.717, 1.165) is 44.5 Å². The molecule has 1 saturated heterocycles. The number of hydrogen-bond donors (Lipinski definition) is 2. The van der Waals surface area contributed by atoms with E-state index in [0.29, 0.717) is 12.0 Å². The van der Waals surface area contributed by atoms with Crippen molar-refractivity contribution in [3.8, 4) is 0 Å². The minimum atomic E-state index is -0.0519. The lowest BCUT2D eigenvalue weighted by atomic mass is 10.1. The maximum Gasteiger partial charge on any atom is 0.253 e. The highest BCUT2D eigenvalue weighted by Gasteiger charge is 2.18. The second-order valence-corrected chi connectivity index (χ2v) is 9.63. The van der Waals surface area contributed by atoms with Crippen molar-refractivity contribution in [2.24, 2.45) is 0 Å². The molecule has 1 aliphatic rings. The van der Waals surface area contributed by atoms with Gasteiger partial charge in [-0.1, -0.05) is 77.2 Å². The normalized spacial score (nSPS) is 13.5. The van der Waals surface area contributed by atoms with E-state index in [-0.39, 0.29) is 16.9 Å². The van der Waals surface area contributed by atoms with Gasteiger partial charge in [-0.25, -0.2) is 0 Å². The Morgan fingerprint density at radius 2 is 1.48 bits per heavy atom. The molecule has 0 saturated carbocycles. The van der Waals surface area contributed by atoms with Crippen molar-refractivity contribution in [3.63, 3.8) is 0 Å². The van der Waals surface area contributed by atoms with E-state index < -0.39 is 0 Å². The Morgan fingerprint density at radius 1 is 0.879 bits per heavy atom. The maximum atomic E-state index is 12.7. The molecule has 0 radical (unpaired) electrons. The van der Waals surface area contributed by atoms with Crippen LogP contribution in [0.3, 0.4) is 0 Å². The molecule has 1 aliphatic heterocycles. The average Bonchev–Trinajstić information content (AvgIpc) is 2.82. The van der Waals surface area contributed by atoms with Gasteiger partial charge in [-0.15, -0.1) is 0 Å². The number of nitrogens with one attached hydrogen (secondary N) is 2. The second-order valence-electron chi connectivity index (χ2n) is 9.22. The Bertz CT molecular complexity index is 732. The summed E-state index contributed by atoms with van der Waals surface area (Å²) in [5, 5.41) is 6.09. The first-order valence-corrected chi connectivity index (χ1v) is 13.5. The van der Waals surface area contributed by atoms with Crippen LogP contribution in [0.2, 0.25) is 0 Å². The van der Waals surface area contributed by atoms with Crippen LogP contribution in [0, 0.1) is 0 Å². The SMILES string of the molecule is CCCCCCCCCCCCCC(=O)NC(=S)Nc1cccc(C(=O)N2CCCCC2)c1. The number of anilines is 1. The summed E-state index contributed by atoms with van der Waals surface area (Å²) in [7, 11) is 0. The zero-order chi connectivity index (χ0) is 23.7. The van der Waals surface area contributed by atoms with E-state index in [1.54, 1.807) is 6.07 Å². The second kappa shape index (κ2) is 16.6. The molecule has 2 amide bonds. The molecule has 0 unspecified atom stereocenters. The number of carbonyl (C=O) groups excluding carboxylic acids is 2. The lowest BCUT2D eigenvalue weighted by Gasteiger charge is -2.26. The van der Waals surface area contributed by atoms with Crippen molar-refractivity contribution < 1.29 is 9.59 Å². The van der Waals surface area contributed by atoms with Crippen molar-refractivity contribution in [1.82, 2.24) is 10.2 Å². The van der Waals surface area contributed by atoms with Gasteiger partial charge in [-0.05, 0) is 56.1 Å². The number of likely N-dealkylation sites (tertiary alicyclic amines) is 1. The number of unbranched alkanes of at least 4 members (excludes halogenated alkanes) is 10. The molecule has 1 aromatic carbocycles. The van der Waals surface area contributed by atoms with Gasteiger partial charge in [0.1, 0.15) is 0 Å². The third-order valence-electron chi connectivity index (χ3n) is 6.27. The van der Waals surface area contributed by atoms with Crippen molar-refractivity contribution in [1.29, 1.82) is 0 Å². The lowest BCUT2D eigenvalue weighted by Crippen LogP contribution is -2.36. The van der Waals surface area contributed by atoms with Crippen molar-refractivity contribution in [3.05, 3.63) is 29.8 Å². The van der Waals surface area contributed by atoms with Crippen LogP contribution in [-0.4, -0.2) is 34.9 Å². The number of rotatable bonds is 14. The molecule has 5 nitrogen and oxygen atoms in total. The summed E-state index contributed by atoms with van der Waals surface area (Å²) in [6.45, 7) is 3.90. The largest absolute Gasteiger partial charge is 0.339 e. The summed E-state index contributed by atoms with van der Waals surface area (Å²) >= 11 is 5.30. The minimum Gasteiger partial charge on any atom is -0.339 e. The summed E-state index contributed by atoms with van der Waals surface area (Å²) in [5.41, 5.74) is 1.37. The van der Waals surface area contributed by atoms with Crippen LogP contribution in [-0.2, 0) is 4.79 Å². The molecule has 1 fully saturated rings. The maximum absolute atomic E-state index is 12.7. The van der Waals surface area contributed by atoms with Gasteiger partial charge in [0.05, 0.1) is 0 Å². The Kier molecular flexibility index (Phi) is 13.8. The fraction of sp³-hybridized carbons (Fsp3) is 0.667. The number of amides is 2. The molecule has 0 aliphatic carbocycles. The molecule has 33 heavy (non-hydrogen) atoms. The molecule has 6 heteroatoms. The molecule has 2 rings (SSSR count).